The number of sulfone groups is 1. The zero-order chi connectivity index (χ0) is 22.0. The van der Waals surface area contributed by atoms with E-state index in [4.69, 9.17) is 0 Å². The molecule has 0 bridgehead atoms. The number of pyridine rings is 1. The predicted octanol–water partition coefficient (Wildman–Crippen LogP) is 3.78. The van der Waals surface area contributed by atoms with E-state index in [2.05, 4.69) is 15.6 Å². The Morgan fingerprint density at radius 1 is 1.23 bits per heavy atom. The van der Waals surface area contributed by atoms with Crippen molar-refractivity contribution in [3.05, 3.63) is 70.5 Å². The van der Waals surface area contributed by atoms with E-state index in [0.29, 0.717) is 18.1 Å². The van der Waals surface area contributed by atoms with E-state index in [1.165, 1.54) is 12.1 Å². The van der Waals surface area contributed by atoms with Crippen LogP contribution in [0, 0.1) is 11.7 Å². The lowest BCUT2D eigenvalue weighted by atomic mass is 10.1. The number of hydrogen-bond acceptors (Lipinski definition) is 5. The summed E-state index contributed by atoms with van der Waals surface area (Å²) in [7, 11) is -3.30. The summed E-state index contributed by atoms with van der Waals surface area (Å²) >= 11 is 0. The van der Waals surface area contributed by atoms with Gasteiger partial charge in [-0.1, -0.05) is 36.4 Å². The highest BCUT2D eigenvalue weighted by Gasteiger charge is 2.33. The number of hydrogen-bond donors (Lipinski definition) is 2. The first-order valence-electron chi connectivity index (χ1n) is 10.5. The predicted molar refractivity (Wildman–Crippen MR) is 118 cm³/mol. The number of aromatic nitrogens is 1. The van der Waals surface area contributed by atoms with Gasteiger partial charge in [0, 0.05) is 24.1 Å². The van der Waals surface area contributed by atoms with Gasteiger partial charge in [0.25, 0.3) is 5.91 Å². The molecule has 2 fully saturated rings. The molecular weight excluding hydrogens is 417 g/mol. The lowest BCUT2D eigenvalue weighted by Gasteiger charge is -2.17. The second-order valence-corrected chi connectivity index (χ2v) is 10.3. The molecule has 2 N–H and O–H groups in total. The van der Waals surface area contributed by atoms with Gasteiger partial charge in [-0.2, -0.15) is 0 Å². The maximum Gasteiger partial charge on any atom is 0.255 e. The van der Waals surface area contributed by atoms with E-state index in [0.717, 1.165) is 42.9 Å². The third kappa shape index (κ3) is 5.91. The summed E-state index contributed by atoms with van der Waals surface area (Å²) in [5.74, 6) is -0.323. The largest absolute Gasteiger partial charge is 0.365 e. The van der Waals surface area contributed by atoms with Gasteiger partial charge in [0.2, 0.25) is 0 Å². The monoisotopic (exact) mass is 443 g/mol. The van der Waals surface area contributed by atoms with Crippen LogP contribution in [0.3, 0.4) is 0 Å². The Morgan fingerprint density at radius 3 is 2.55 bits per heavy atom. The van der Waals surface area contributed by atoms with Gasteiger partial charge in [-0.25, -0.2) is 17.8 Å². The van der Waals surface area contributed by atoms with Gasteiger partial charge in [0.1, 0.15) is 11.6 Å². The number of anilines is 1. The van der Waals surface area contributed by atoms with Crippen molar-refractivity contribution in [1.29, 1.82) is 0 Å². The van der Waals surface area contributed by atoms with E-state index in [-0.39, 0.29) is 17.4 Å². The third-order valence-corrected chi connectivity index (χ3v) is 6.13. The van der Waals surface area contributed by atoms with E-state index in [1.807, 2.05) is 30.3 Å². The summed E-state index contributed by atoms with van der Waals surface area (Å²) < 4.78 is 37.7. The molecule has 2 aliphatic rings. The van der Waals surface area contributed by atoms with Gasteiger partial charge in [0.15, 0.2) is 9.84 Å². The molecule has 0 saturated heterocycles. The highest BCUT2D eigenvalue weighted by molar-refractivity contribution is 7.93. The number of halogens is 1. The molecule has 4 rings (SSSR count). The fourth-order valence-electron chi connectivity index (χ4n) is 3.47. The zero-order valence-corrected chi connectivity index (χ0v) is 18.2. The number of nitrogens with one attached hydrogen (secondary N) is 2. The third-order valence-electron chi connectivity index (χ3n) is 5.48. The van der Waals surface area contributed by atoms with Gasteiger partial charge in [-0.05, 0) is 43.2 Å². The van der Waals surface area contributed by atoms with Crippen molar-refractivity contribution in [3.63, 3.8) is 0 Å². The maximum absolute atomic E-state index is 14.7. The Morgan fingerprint density at radius 2 is 1.94 bits per heavy atom. The standard InChI is InChI=1S/C23H26FN3O3S/c1-31(29,30)12-11-20(16-7-8-16)26-23(28)18-13-19(24)21(17-9-10-17)27-22(18)25-14-15-5-3-2-4-6-15/h2-6,11-13,16-17,20H,7-10,14H2,1H3,(H,25,27)(H,26,28)/b12-11+/t20-/m1/s1. The van der Waals surface area contributed by atoms with Crippen molar-refractivity contribution >= 4 is 21.6 Å². The first kappa shape index (κ1) is 21.5. The molecule has 2 saturated carbocycles. The van der Waals surface area contributed by atoms with Crippen LogP contribution in [-0.4, -0.2) is 31.6 Å². The zero-order valence-electron chi connectivity index (χ0n) is 17.3. The van der Waals surface area contributed by atoms with Crippen LogP contribution < -0.4 is 10.6 Å². The minimum absolute atomic E-state index is 0.103. The van der Waals surface area contributed by atoms with Crippen LogP contribution in [0.1, 0.15) is 53.2 Å². The van der Waals surface area contributed by atoms with Crippen LogP contribution in [0.5, 0.6) is 0 Å². The van der Waals surface area contributed by atoms with Crippen LogP contribution in [0.15, 0.2) is 47.9 Å². The van der Waals surface area contributed by atoms with Gasteiger partial charge in [-0.15, -0.1) is 0 Å². The quantitative estimate of drug-likeness (QED) is 0.616. The van der Waals surface area contributed by atoms with Crippen molar-refractivity contribution in [3.8, 4) is 0 Å². The van der Waals surface area contributed by atoms with Crippen molar-refractivity contribution < 1.29 is 17.6 Å². The Hall–Kier alpha value is -2.74. The molecule has 0 unspecified atom stereocenters. The molecule has 8 heteroatoms. The van der Waals surface area contributed by atoms with Crippen molar-refractivity contribution in [2.24, 2.45) is 5.92 Å². The van der Waals surface area contributed by atoms with Crippen LogP contribution in [-0.2, 0) is 16.4 Å². The molecule has 1 aromatic heterocycles. The second-order valence-electron chi connectivity index (χ2n) is 8.36. The van der Waals surface area contributed by atoms with Crippen LogP contribution >= 0.6 is 0 Å². The molecular formula is C23H26FN3O3S. The van der Waals surface area contributed by atoms with Crippen LogP contribution in [0.4, 0.5) is 10.2 Å². The molecule has 0 radical (unpaired) electrons. The Labute approximate surface area is 181 Å². The summed E-state index contributed by atoms with van der Waals surface area (Å²) in [6.07, 6.45) is 6.22. The maximum atomic E-state index is 14.7. The van der Waals surface area contributed by atoms with Crippen molar-refractivity contribution in [2.45, 2.75) is 44.2 Å². The van der Waals surface area contributed by atoms with Gasteiger partial charge < -0.3 is 10.6 Å². The summed E-state index contributed by atoms with van der Waals surface area (Å²) in [5, 5.41) is 7.15. The highest BCUT2D eigenvalue weighted by atomic mass is 32.2. The van der Waals surface area contributed by atoms with E-state index >= 15 is 0 Å². The molecule has 164 valence electrons. The summed E-state index contributed by atoms with van der Waals surface area (Å²) in [5.41, 5.74) is 1.53. The molecule has 1 amide bonds. The average molecular weight is 444 g/mol. The van der Waals surface area contributed by atoms with Crippen molar-refractivity contribution in [1.82, 2.24) is 10.3 Å². The molecule has 6 nitrogen and oxygen atoms in total. The number of nitrogens with zero attached hydrogens (tertiary/aromatic N) is 1. The molecule has 2 aromatic rings. The van der Waals surface area contributed by atoms with E-state index in [9.17, 15) is 17.6 Å². The first-order valence-corrected chi connectivity index (χ1v) is 12.4. The number of benzene rings is 1. The average Bonchev–Trinajstić information content (AvgIpc) is 3.62. The highest BCUT2D eigenvalue weighted by Crippen LogP contribution is 2.41. The molecule has 31 heavy (non-hydrogen) atoms. The smallest absolute Gasteiger partial charge is 0.255 e. The Kier molecular flexibility index (Phi) is 6.09. The fourth-order valence-corrected chi connectivity index (χ4v) is 3.93. The fraction of sp³-hybridized carbons (Fsp3) is 0.391. The van der Waals surface area contributed by atoms with E-state index in [1.54, 1.807) is 0 Å². The normalized spacial score (nSPS) is 17.5. The minimum Gasteiger partial charge on any atom is -0.365 e. The van der Waals surface area contributed by atoms with Crippen LogP contribution in [0.25, 0.3) is 0 Å². The van der Waals surface area contributed by atoms with Crippen molar-refractivity contribution in [2.75, 3.05) is 11.6 Å². The molecule has 0 spiro atoms. The Bertz CT molecular complexity index is 1090. The van der Waals surface area contributed by atoms with Gasteiger partial charge in [-0.3, -0.25) is 4.79 Å². The lowest BCUT2D eigenvalue weighted by Crippen LogP contribution is -2.35. The van der Waals surface area contributed by atoms with E-state index < -0.39 is 27.6 Å². The Balaban J connectivity index is 1.58. The molecule has 1 heterocycles. The number of amides is 1. The minimum atomic E-state index is -3.30. The summed E-state index contributed by atoms with van der Waals surface area (Å²) in [6.45, 7) is 0.448. The molecule has 0 aliphatic heterocycles. The van der Waals surface area contributed by atoms with Gasteiger partial charge >= 0.3 is 0 Å². The van der Waals surface area contributed by atoms with Crippen LogP contribution in [0.2, 0.25) is 0 Å². The summed E-state index contributed by atoms with van der Waals surface area (Å²) in [6, 6.07) is 10.5. The molecule has 1 aromatic carbocycles. The number of carbonyl (C=O) groups is 1. The molecule has 2 aliphatic carbocycles. The first-order chi connectivity index (χ1) is 14.8. The SMILES string of the molecule is CS(=O)(=O)/C=C/[C@@H](NC(=O)c1cc(F)c(C2CC2)nc1NCc1ccccc1)C1CC1. The van der Waals surface area contributed by atoms with Gasteiger partial charge in [0.05, 0.1) is 17.3 Å². The number of carbonyl (C=O) groups excluding carboxylic acids is 1. The summed E-state index contributed by atoms with van der Waals surface area (Å²) in [4.78, 5) is 17.5. The second kappa shape index (κ2) is 8.78. The number of rotatable bonds is 9. The molecule has 1 atom stereocenters. The lowest BCUT2D eigenvalue weighted by molar-refractivity contribution is 0.0940. The topological polar surface area (TPSA) is 88.2 Å².